The van der Waals surface area contributed by atoms with Crippen LogP contribution in [-0.2, 0) is 6.54 Å². The average molecular weight is 250 g/mol. The van der Waals surface area contributed by atoms with Crippen LogP contribution >= 0.6 is 24.8 Å². The molecule has 0 atom stereocenters. The highest BCUT2D eigenvalue weighted by Gasteiger charge is 2.06. The first kappa shape index (κ1) is 14.1. The Kier molecular flexibility index (Phi) is 4.93. The lowest BCUT2D eigenvalue weighted by molar-refractivity contribution is 0.862. The van der Waals surface area contributed by atoms with E-state index in [1.54, 1.807) is 0 Å². The van der Waals surface area contributed by atoms with Gasteiger partial charge in [0.15, 0.2) is 5.82 Å². The van der Waals surface area contributed by atoms with E-state index >= 15 is 0 Å². The number of fused-ring (bicyclic) bond motifs is 1. The van der Waals surface area contributed by atoms with Crippen molar-refractivity contribution in [3.63, 3.8) is 0 Å². The minimum Gasteiger partial charge on any atom is -0.324 e. The van der Waals surface area contributed by atoms with E-state index < -0.39 is 0 Å². The first-order valence-electron chi connectivity index (χ1n) is 4.10. The molecule has 7 heteroatoms. The fourth-order valence-electron chi connectivity index (χ4n) is 1.43. The Hall–Kier alpha value is -0.910. The summed E-state index contributed by atoms with van der Waals surface area (Å²) in [7, 11) is 0. The highest BCUT2D eigenvalue weighted by Crippen LogP contribution is 2.06. The number of nitrogens with two attached hydrogens (primary N) is 1. The van der Waals surface area contributed by atoms with E-state index in [2.05, 4.69) is 15.2 Å². The molecule has 0 amide bonds. The maximum Gasteiger partial charge on any atom is 0.255 e. The third kappa shape index (κ3) is 2.37. The molecule has 2 rings (SSSR count). The van der Waals surface area contributed by atoms with Gasteiger partial charge in [-0.05, 0) is 19.9 Å². The number of aryl methyl sites for hydroxylation is 2. The van der Waals surface area contributed by atoms with Gasteiger partial charge < -0.3 is 5.73 Å². The summed E-state index contributed by atoms with van der Waals surface area (Å²) in [5, 5.41) is 7.87. The molecule has 2 N–H and O–H groups in total. The molecule has 0 aliphatic carbocycles. The third-order valence-corrected chi connectivity index (χ3v) is 1.94. The van der Waals surface area contributed by atoms with Gasteiger partial charge in [0, 0.05) is 11.4 Å². The molecule has 0 aliphatic heterocycles. The van der Waals surface area contributed by atoms with Crippen LogP contribution in [0, 0.1) is 13.8 Å². The van der Waals surface area contributed by atoms with Crippen molar-refractivity contribution in [3.8, 4) is 0 Å². The van der Waals surface area contributed by atoms with Crippen molar-refractivity contribution in [1.82, 2.24) is 19.6 Å². The maximum atomic E-state index is 5.52. The standard InChI is InChI=1S/C8H11N5.2ClH/c1-5-3-6(2)13-7(4-9)11-12-8(13)10-5;;/h3H,4,9H2,1-2H3;2*1H. The van der Waals surface area contributed by atoms with Gasteiger partial charge in [0.2, 0.25) is 0 Å². The maximum absolute atomic E-state index is 5.52. The number of rotatable bonds is 1. The molecule has 0 unspecified atom stereocenters. The van der Waals surface area contributed by atoms with E-state index in [-0.39, 0.29) is 24.8 Å². The van der Waals surface area contributed by atoms with E-state index in [0.29, 0.717) is 12.3 Å². The zero-order valence-electron chi connectivity index (χ0n) is 8.47. The number of aromatic nitrogens is 4. The smallest absolute Gasteiger partial charge is 0.255 e. The van der Waals surface area contributed by atoms with Gasteiger partial charge in [-0.15, -0.1) is 35.0 Å². The summed E-state index contributed by atoms with van der Waals surface area (Å²) in [6.07, 6.45) is 0. The second kappa shape index (κ2) is 5.25. The molecule has 2 aromatic rings. The minimum atomic E-state index is 0. The third-order valence-electron chi connectivity index (χ3n) is 1.94. The molecule has 0 spiro atoms. The van der Waals surface area contributed by atoms with Gasteiger partial charge in [-0.2, -0.15) is 0 Å². The van der Waals surface area contributed by atoms with Crippen molar-refractivity contribution in [1.29, 1.82) is 0 Å². The zero-order chi connectivity index (χ0) is 9.42. The Bertz CT molecular complexity index is 453. The fourth-order valence-corrected chi connectivity index (χ4v) is 1.43. The van der Waals surface area contributed by atoms with Crippen LogP contribution in [0.15, 0.2) is 6.07 Å². The van der Waals surface area contributed by atoms with Crippen LogP contribution in [0.1, 0.15) is 17.2 Å². The van der Waals surface area contributed by atoms with Crippen LogP contribution in [0.2, 0.25) is 0 Å². The average Bonchev–Trinajstić information content (AvgIpc) is 2.47. The molecule has 0 aliphatic rings. The van der Waals surface area contributed by atoms with Crippen LogP contribution in [0.25, 0.3) is 5.78 Å². The molecule has 0 radical (unpaired) electrons. The minimum absolute atomic E-state index is 0. The Labute approximate surface area is 99.9 Å². The lowest BCUT2D eigenvalue weighted by Crippen LogP contribution is -2.05. The molecule has 0 saturated carbocycles. The second-order valence-corrected chi connectivity index (χ2v) is 2.99. The van der Waals surface area contributed by atoms with E-state index in [4.69, 9.17) is 5.73 Å². The van der Waals surface area contributed by atoms with Crippen LogP contribution in [0.5, 0.6) is 0 Å². The molecule has 0 saturated heterocycles. The molecule has 84 valence electrons. The molecule has 0 aromatic carbocycles. The topological polar surface area (TPSA) is 69.1 Å². The highest BCUT2D eigenvalue weighted by atomic mass is 35.5. The molecular formula is C8H13Cl2N5. The molecule has 5 nitrogen and oxygen atoms in total. The summed E-state index contributed by atoms with van der Waals surface area (Å²) in [4.78, 5) is 4.24. The van der Waals surface area contributed by atoms with Crippen LogP contribution in [-0.4, -0.2) is 19.6 Å². The monoisotopic (exact) mass is 249 g/mol. The van der Waals surface area contributed by atoms with Crippen molar-refractivity contribution in [2.24, 2.45) is 5.73 Å². The van der Waals surface area contributed by atoms with Crippen LogP contribution in [0.4, 0.5) is 0 Å². The van der Waals surface area contributed by atoms with Crippen molar-refractivity contribution >= 4 is 30.6 Å². The number of hydrogen-bond donors (Lipinski definition) is 1. The van der Waals surface area contributed by atoms with E-state index in [9.17, 15) is 0 Å². The molecule has 0 bridgehead atoms. The van der Waals surface area contributed by atoms with Gasteiger partial charge in [0.25, 0.3) is 5.78 Å². The first-order valence-corrected chi connectivity index (χ1v) is 4.10. The van der Waals surface area contributed by atoms with E-state index in [1.165, 1.54) is 0 Å². The number of nitrogens with zero attached hydrogens (tertiary/aromatic N) is 4. The predicted octanol–water partition coefficient (Wildman–Crippen LogP) is 1.04. The molecule has 2 aromatic heterocycles. The normalized spacial score (nSPS) is 9.53. The summed E-state index contributed by atoms with van der Waals surface area (Å²) >= 11 is 0. The lowest BCUT2D eigenvalue weighted by atomic mass is 10.3. The quantitative estimate of drug-likeness (QED) is 0.821. The largest absolute Gasteiger partial charge is 0.324 e. The van der Waals surface area contributed by atoms with Gasteiger partial charge in [-0.25, -0.2) is 4.98 Å². The Morgan fingerprint density at radius 2 is 1.93 bits per heavy atom. The molecule has 2 heterocycles. The summed E-state index contributed by atoms with van der Waals surface area (Å²) < 4.78 is 1.87. The van der Waals surface area contributed by atoms with Gasteiger partial charge >= 0.3 is 0 Å². The van der Waals surface area contributed by atoms with Crippen molar-refractivity contribution in [3.05, 3.63) is 23.3 Å². The molecule has 15 heavy (non-hydrogen) atoms. The van der Waals surface area contributed by atoms with Crippen molar-refractivity contribution in [2.75, 3.05) is 0 Å². The van der Waals surface area contributed by atoms with Gasteiger partial charge in [-0.1, -0.05) is 0 Å². The Morgan fingerprint density at radius 3 is 2.53 bits per heavy atom. The summed E-state index contributed by atoms with van der Waals surface area (Å²) in [6, 6.07) is 1.98. The van der Waals surface area contributed by atoms with Crippen LogP contribution in [0.3, 0.4) is 0 Å². The Balaban J connectivity index is 0.000000980. The Morgan fingerprint density at radius 1 is 1.27 bits per heavy atom. The number of hydrogen-bond acceptors (Lipinski definition) is 4. The van der Waals surface area contributed by atoms with Gasteiger partial charge in [-0.3, -0.25) is 4.40 Å². The fraction of sp³-hybridized carbons (Fsp3) is 0.375. The van der Waals surface area contributed by atoms with E-state index in [0.717, 1.165) is 17.2 Å². The van der Waals surface area contributed by atoms with Gasteiger partial charge in [0.05, 0.1) is 6.54 Å². The zero-order valence-corrected chi connectivity index (χ0v) is 10.1. The number of halogens is 2. The first-order chi connectivity index (χ1) is 6.22. The van der Waals surface area contributed by atoms with E-state index in [1.807, 2.05) is 24.3 Å². The van der Waals surface area contributed by atoms with Crippen molar-refractivity contribution in [2.45, 2.75) is 20.4 Å². The second-order valence-electron chi connectivity index (χ2n) is 2.99. The molecule has 0 fully saturated rings. The summed E-state index contributed by atoms with van der Waals surface area (Å²) in [5.74, 6) is 1.37. The lowest BCUT2D eigenvalue weighted by Gasteiger charge is -2.01. The molecular weight excluding hydrogens is 237 g/mol. The highest BCUT2D eigenvalue weighted by molar-refractivity contribution is 5.85. The predicted molar refractivity (Wildman–Crippen MR) is 62.6 cm³/mol. The van der Waals surface area contributed by atoms with Gasteiger partial charge in [0.1, 0.15) is 0 Å². The summed E-state index contributed by atoms with van der Waals surface area (Å²) in [5.41, 5.74) is 7.52. The SMILES string of the molecule is Cc1cc(C)n2c(CN)nnc2n1.Cl.Cl. The van der Waals surface area contributed by atoms with Crippen LogP contribution < -0.4 is 5.73 Å². The van der Waals surface area contributed by atoms with Crippen molar-refractivity contribution < 1.29 is 0 Å². The summed E-state index contributed by atoms with van der Waals surface area (Å²) in [6.45, 7) is 4.31.